The summed E-state index contributed by atoms with van der Waals surface area (Å²) < 4.78 is 38.0. The molecule has 0 spiro atoms. The van der Waals surface area contributed by atoms with Gasteiger partial charge in [-0.05, 0) is 12.1 Å². The van der Waals surface area contributed by atoms with E-state index in [4.69, 9.17) is 5.73 Å². The van der Waals surface area contributed by atoms with Gasteiger partial charge in [-0.15, -0.1) is 0 Å². The van der Waals surface area contributed by atoms with Gasteiger partial charge in [0.2, 0.25) is 0 Å². The molecule has 6 heteroatoms. The van der Waals surface area contributed by atoms with E-state index in [1.165, 1.54) is 19.1 Å². The van der Waals surface area contributed by atoms with Gasteiger partial charge in [0.25, 0.3) is 0 Å². The van der Waals surface area contributed by atoms with E-state index in [9.17, 15) is 18.0 Å². The van der Waals surface area contributed by atoms with Crippen LogP contribution in [0.15, 0.2) is 18.2 Å². The summed E-state index contributed by atoms with van der Waals surface area (Å²) in [6.07, 6.45) is -4.49. The molecule has 1 aromatic carbocycles. The Hall–Kier alpha value is -1.61. The maximum absolute atomic E-state index is 12.7. The zero-order valence-electron chi connectivity index (χ0n) is 9.47. The van der Waals surface area contributed by atoms with E-state index in [-0.39, 0.29) is 22.1 Å². The Labute approximate surface area is 107 Å². The summed E-state index contributed by atoms with van der Waals surface area (Å²) in [5.74, 6) is 5.01. The number of hydrogen-bond acceptors (Lipinski definition) is 3. The Morgan fingerprint density at radius 1 is 1.44 bits per heavy atom. The van der Waals surface area contributed by atoms with Crippen LogP contribution in [0.3, 0.4) is 0 Å². The van der Waals surface area contributed by atoms with Crippen molar-refractivity contribution in [3.8, 4) is 11.8 Å². The molecule has 0 unspecified atom stereocenters. The van der Waals surface area contributed by atoms with Gasteiger partial charge >= 0.3 is 6.18 Å². The molecule has 0 bridgehead atoms. The molecule has 0 fully saturated rings. The molecule has 0 aromatic heterocycles. The molecule has 1 aromatic rings. The molecule has 0 aliphatic rings. The molecule has 0 amide bonds. The maximum Gasteiger partial charge on any atom is 0.417 e. The number of carbonyl (C=O) groups is 1. The number of rotatable bonds is 1. The van der Waals surface area contributed by atoms with Crippen LogP contribution < -0.4 is 5.73 Å². The molecule has 0 aliphatic heterocycles. The number of halogens is 3. The number of hydrogen-bond donors (Lipinski definition) is 1. The van der Waals surface area contributed by atoms with E-state index < -0.39 is 11.7 Å². The number of anilines is 1. The van der Waals surface area contributed by atoms with Crippen molar-refractivity contribution in [2.45, 2.75) is 13.1 Å². The Morgan fingerprint density at radius 3 is 2.67 bits per heavy atom. The van der Waals surface area contributed by atoms with Crippen molar-refractivity contribution in [3.63, 3.8) is 0 Å². The molecular formula is C12H10F3NOS. The highest BCUT2D eigenvalue weighted by molar-refractivity contribution is 8.13. The smallest absolute Gasteiger partial charge is 0.398 e. The molecule has 0 saturated carbocycles. The van der Waals surface area contributed by atoms with Gasteiger partial charge in [0.15, 0.2) is 5.12 Å². The van der Waals surface area contributed by atoms with Crippen LogP contribution >= 0.6 is 11.8 Å². The molecule has 96 valence electrons. The first-order chi connectivity index (χ1) is 8.32. The monoisotopic (exact) mass is 273 g/mol. The second-order valence-electron chi connectivity index (χ2n) is 3.35. The average molecular weight is 273 g/mol. The number of nitrogens with two attached hydrogens (primary N) is 1. The lowest BCUT2D eigenvalue weighted by atomic mass is 10.1. The highest BCUT2D eigenvalue weighted by Gasteiger charge is 2.33. The normalized spacial score (nSPS) is 10.7. The van der Waals surface area contributed by atoms with E-state index in [0.29, 0.717) is 0 Å². The minimum Gasteiger partial charge on any atom is -0.398 e. The van der Waals surface area contributed by atoms with Crippen molar-refractivity contribution < 1.29 is 18.0 Å². The molecule has 1 rings (SSSR count). The topological polar surface area (TPSA) is 43.1 Å². The summed E-state index contributed by atoms with van der Waals surface area (Å²) in [6, 6.07) is 3.52. The lowest BCUT2D eigenvalue weighted by Gasteiger charge is -2.10. The van der Waals surface area contributed by atoms with Crippen LogP contribution in [-0.4, -0.2) is 10.9 Å². The van der Waals surface area contributed by atoms with E-state index >= 15 is 0 Å². The molecule has 0 atom stereocenters. The number of thioether (sulfide) groups is 1. The van der Waals surface area contributed by atoms with Crippen molar-refractivity contribution in [1.29, 1.82) is 0 Å². The molecule has 0 heterocycles. The van der Waals surface area contributed by atoms with Gasteiger partial charge in [0.05, 0.1) is 16.9 Å². The lowest BCUT2D eigenvalue weighted by Crippen LogP contribution is -2.09. The van der Waals surface area contributed by atoms with Crippen LogP contribution in [0, 0.1) is 11.8 Å². The van der Waals surface area contributed by atoms with Crippen LogP contribution in [-0.2, 0) is 11.0 Å². The van der Waals surface area contributed by atoms with Crippen molar-refractivity contribution in [3.05, 3.63) is 29.3 Å². The Kier molecular flexibility index (Phi) is 4.68. The van der Waals surface area contributed by atoms with Gasteiger partial charge in [-0.2, -0.15) is 13.2 Å². The highest BCUT2D eigenvalue weighted by Crippen LogP contribution is 2.33. The summed E-state index contributed by atoms with van der Waals surface area (Å²) >= 11 is 0.935. The number of alkyl halides is 3. The van der Waals surface area contributed by atoms with E-state index in [0.717, 1.165) is 17.8 Å². The number of carbonyl (C=O) groups excluding carboxylic acids is 1. The summed E-state index contributed by atoms with van der Waals surface area (Å²) in [4.78, 5) is 10.6. The SMILES string of the molecule is CC(=O)SCC#Cc1c(N)cccc1C(F)(F)F. The molecule has 2 N–H and O–H groups in total. The molecule has 18 heavy (non-hydrogen) atoms. The second kappa shape index (κ2) is 5.83. The third-order valence-corrected chi connectivity index (χ3v) is 2.66. The van der Waals surface area contributed by atoms with Crippen molar-refractivity contribution in [1.82, 2.24) is 0 Å². The second-order valence-corrected chi connectivity index (χ2v) is 4.50. The summed E-state index contributed by atoms with van der Waals surface area (Å²) in [7, 11) is 0. The van der Waals surface area contributed by atoms with Crippen LogP contribution in [0.5, 0.6) is 0 Å². The Balaban J connectivity index is 3.04. The third-order valence-electron chi connectivity index (χ3n) is 1.96. The van der Waals surface area contributed by atoms with E-state index in [1.807, 2.05) is 0 Å². The minimum atomic E-state index is -4.49. The van der Waals surface area contributed by atoms with Crippen molar-refractivity contribution in [2.75, 3.05) is 11.5 Å². The van der Waals surface area contributed by atoms with Crippen LogP contribution in [0.4, 0.5) is 18.9 Å². The fraction of sp³-hybridized carbons (Fsp3) is 0.250. The fourth-order valence-corrected chi connectivity index (χ4v) is 1.56. The quantitative estimate of drug-likeness (QED) is 0.632. The zero-order valence-corrected chi connectivity index (χ0v) is 10.3. The number of nitrogen functional groups attached to an aromatic ring is 1. The minimum absolute atomic E-state index is 0.0230. The zero-order chi connectivity index (χ0) is 13.8. The molecule has 0 radical (unpaired) electrons. The third kappa shape index (κ3) is 4.00. The van der Waals surface area contributed by atoms with Gasteiger partial charge in [0.1, 0.15) is 0 Å². The van der Waals surface area contributed by atoms with Crippen LogP contribution in [0.2, 0.25) is 0 Å². The maximum atomic E-state index is 12.7. The average Bonchev–Trinajstić information content (AvgIpc) is 2.24. The predicted molar refractivity (Wildman–Crippen MR) is 65.9 cm³/mol. The van der Waals surface area contributed by atoms with Gasteiger partial charge in [-0.25, -0.2) is 0 Å². The molecule has 2 nitrogen and oxygen atoms in total. The van der Waals surface area contributed by atoms with Gasteiger partial charge in [0, 0.05) is 12.6 Å². The first-order valence-electron chi connectivity index (χ1n) is 4.90. The van der Waals surface area contributed by atoms with Gasteiger partial charge in [-0.3, -0.25) is 4.79 Å². The molecular weight excluding hydrogens is 263 g/mol. The predicted octanol–water partition coefficient (Wildman–Crippen LogP) is 2.92. The van der Waals surface area contributed by atoms with Gasteiger partial charge < -0.3 is 5.73 Å². The fourth-order valence-electron chi connectivity index (χ4n) is 1.21. The van der Waals surface area contributed by atoms with Crippen molar-refractivity contribution in [2.24, 2.45) is 0 Å². The summed E-state index contributed by atoms with van der Waals surface area (Å²) in [6.45, 7) is 1.37. The molecule has 0 aliphatic carbocycles. The number of benzene rings is 1. The van der Waals surface area contributed by atoms with Crippen molar-refractivity contribution >= 4 is 22.6 Å². The first kappa shape index (κ1) is 14.5. The highest BCUT2D eigenvalue weighted by atomic mass is 32.2. The summed E-state index contributed by atoms with van der Waals surface area (Å²) in [5.41, 5.74) is 4.36. The lowest BCUT2D eigenvalue weighted by molar-refractivity contribution is -0.137. The van der Waals surface area contributed by atoms with Crippen LogP contribution in [0.1, 0.15) is 18.1 Å². The molecule has 0 saturated heterocycles. The Bertz CT molecular complexity index is 514. The standard InChI is InChI=1S/C12H10F3NOS/c1-8(17)18-7-3-4-9-10(12(13,14)15)5-2-6-11(9)16/h2,5-6H,7,16H2,1H3. The summed E-state index contributed by atoms with van der Waals surface area (Å²) in [5, 5.41) is -0.138. The van der Waals surface area contributed by atoms with Gasteiger partial charge in [-0.1, -0.05) is 29.7 Å². The van der Waals surface area contributed by atoms with Crippen LogP contribution in [0.25, 0.3) is 0 Å². The Morgan fingerprint density at radius 2 is 2.11 bits per heavy atom. The van der Waals surface area contributed by atoms with E-state index in [1.54, 1.807) is 0 Å². The first-order valence-corrected chi connectivity index (χ1v) is 5.89. The van der Waals surface area contributed by atoms with E-state index in [2.05, 4.69) is 11.8 Å². The largest absolute Gasteiger partial charge is 0.417 e.